The van der Waals surface area contributed by atoms with Gasteiger partial charge in [0.2, 0.25) is 0 Å². The number of rotatable bonds is 6. The first-order chi connectivity index (χ1) is 19.5. The van der Waals surface area contributed by atoms with E-state index < -0.39 is 18.3 Å². The first kappa shape index (κ1) is 33.7. The van der Waals surface area contributed by atoms with Gasteiger partial charge in [-0.15, -0.1) is 0 Å². The lowest BCUT2D eigenvalue weighted by atomic mass is 9.96. The molecule has 216 valence electrons. The summed E-state index contributed by atoms with van der Waals surface area (Å²) in [5.41, 5.74) is 6.34. The van der Waals surface area contributed by atoms with Crippen molar-refractivity contribution in [1.29, 1.82) is 0 Å². The van der Waals surface area contributed by atoms with Gasteiger partial charge < -0.3 is 4.74 Å². The van der Waals surface area contributed by atoms with E-state index in [2.05, 4.69) is 150 Å². The van der Waals surface area contributed by atoms with E-state index >= 15 is 0 Å². The minimum Gasteiger partial charge on any atom is -0.496 e. The highest BCUT2D eigenvalue weighted by atomic mass is 32.3. The summed E-state index contributed by atoms with van der Waals surface area (Å²) in [6, 6.07) is 34.4. The second-order valence-electron chi connectivity index (χ2n) is 9.22. The molecule has 0 aliphatic carbocycles. The SMILES string of the molecule is C/C=C(C)/C=C/c1c(C)cc(OC)c(C)c1C.O=S(=O)(O)O.c1ccc(P(c2ccccc2)c2ccccc2)cc1. The summed E-state index contributed by atoms with van der Waals surface area (Å²) in [6.07, 6.45) is 6.45. The second kappa shape index (κ2) is 16.7. The van der Waals surface area contributed by atoms with E-state index in [1.54, 1.807) is 7.11 Å². The molecule has 0 unspecified atom stereocenters. The predicted molar refractivity (Wildman–Crippen MR) is 175 cm³/mol. The van der Waals surface area contributed by atoms with Crippen molar-refractivity contribution in [3.8, 4) is 5.75 Å². The Bertz CT molecular complexity index is 1430. The van der Waals surface area contributed by atoms with E-state index in [1.807, 2.05) is 0 Å². The third-order valence-corrected chi connectivity index (χ3v) is 8.78. The van der Waals surface area contributed by atoms with Crippen molar-refractivity contribution < 1.29 is 22.3 Å². The van der Waals surface area contributed by atoms with Crippen LogP contribution in [0, 0.1) is 20.8 Å². The summed E-state index contributed by atoms with van der Waals surface area (Å²) in [6.45, 7) is 10.5. The van der Waals surface area contributed by atoms with E-state index in [9.17, 15) is 0 Å². The van der Waals surface area contributed by atoms with Gasteiger partial charge in [-0.1, -0.05) is 115 Å². The van der Waals surface area contributed by atoms with E-state index in [-0.39, 0.29) is 0 Å². The maximum absolute atomic E-state index is 8.74. The van der Waals surface area contributed by atoms with E-state index in [4.69, 9.17) is 22.3 Å². The largest absolute Gasteiger partial charge is 0.496 e. The minimum atomic E-state index is -4.67. The average Bonchev–Trinajstić information content (AvgIpc) is 2.96. The molecule has 0 radical (unpaired) electrons. The highest BCUT2D eigenvalue weighted by molar-refractivity contribution is 7.80. The van der Waals surface area contributed by atoms with E-state index in [1.165, 1.54) is 43.7 Å². The van der Waals surface area contributed by atoms with Crippen molar-refractivity contribution in [2.75, 3.05) is 7.11 Å². The zero-order valence-corrected chi connectivity index (χ0v) is 26.2. The Hall–Kier alpha value is -3.54. The van der Waals surface area contributed by atoms with Crippen molar-refractivity contribution in [3.63, 3.8) is 0 Å². The molecule has 0 heterocycles. The molecule has 0 aliphatic rings. The molecule has 4 rings (SSSR count). The summed E-state index contributed by atoms with van der Waals surface area (Å²) in [4.78, 5) is 0. The van der Waals surface area contributed by atoms with Crippen molar-refractivity contribution in [2.45, 2.75) is 34.6 Å². The third kappa shape index (κ3) is 11.5. The van der Waals surface area contributed by atoms with Crippen LogP contribution in [0.25, 0.3) is 6.08 Å². The van der Waals surface area contributed by atoms with Crippen LogP contribution in [0.1, 0.15) is 36.1 Å². The zero-order valence-electron chi connectivity index (χ0n) is 24.4. The second-order valence-corrected chi connectivity index (χ2v) is 12.3. The number of benzene rings is 4. The molecule has 2 N–H and O–H groups in total. The molecule has 0 saturated carbocycles. The van der Waals surface area contributed by atoms with Crippen molar-refractivity contribution in [3.05, 3.63) is 137 Å². The summed E-state index contributed by atoms with van der Waals surface area (Å²) < 4.78 is 37.0. The first-order valence-electron chi connectivity index (χ1n) is 13.1. The quantitative estimate of drug-likeness (QED) is 0.139. The molecule has 0 amide bonds. The van der Waals surface area contributed by atoms with Crippen LogP contribution in [0.2, 0.25) is 0 Å². The highest BCUT2D eigenvalue weighted by Gasteiger charge is 2.15. The van der Waals surface area contributed by atoms with Crippen LogP contribution in [0.5, 0.6) is 5.75 Å². The smallest absolute Gasteiger partial charge is 0.394 e. The molecule has 7 heteroatoms. The van der Waals surface area contributed by atoms with Crippen molar-refractivity contribution in [2.24, 2.45) is 0 Å². The fourth-order valence-electron chi connectivity index (χ4n) is 4.02. The van der Waals surface area contributed by atoms with Gasteiger partial charge in [0.25, 0.3) is 0 Å². The van der Waals surface area contributed by atoms with Crippen molar-refractivity contribution in [1.82, 2.24) is 0 Å². The van der Waals surface area contributed by atoms with Crippen LogP contribution in [-0.2, 0) is 10.4 Å². The standard InChI is InChI=1S/C18H15P.C16H22O.H2O4S/c1-4-10-16(11-5-1)19(17-12-6-2-7-13-17)18-14-8-3-9-15-18;1-7-11(2)8-9-15-12(3)10-16(17-6)14(5)13(15)4;1-5(2,3)4/h1-15H;7-10H,1-6H3;(H2,1,2,3,4)/b;9-8+,11-7+;. The molecule has 0 fully saturated rings. The van der Waals surface area contributed by atoms with Gasteiger partial charge in [-0.3, -0.25) is 9.11 Å². The molecule has 0 aliphatic heterocycles. The molecule has 0 bridgehead atoms. The summed E-state index contributed by atoms with van der Waals surface area (Å²) in [5, 5.41) is 4.19. The van der Waals surface area contributed by atoms with Crippen LogP contribution in [0.3, 0.4) is 0 Å². The molecule has 0 aromatic heterocycles. The maximum atomic E-state index is 8.74. The normalized spacial score (nSPS) is 11.4. The maximum Gasteiger partial charge on any atom is 0.394 e. The summed E-state index contributed by atoms with van der Waals surface area (Å²) >= 11 is 0. The number of aryl methyl sites for hydroxylation is 1. The third-order valence-electron chi connectivity index (χ3n) is 6.34. The fourth-order valence-corrected chi connectivity index (χ4v) is 6.33. The van der Waals surface area contributed by atoms with Crippen LogP contribution >= 0.6 is 7.92 Å². The molecule has 41 heavy (non-hydrogen) atoms. The van der Waals surface area contributed by atoms with E-state index in [0.29, 0.717) is 0 Å². The van der Waals surface area contributed by atoms with Crippen LogP contribution in [-0.4, -0.2) is 24.6 Å². The lowest BCUT2D eigenvalue weighted by Crippen LogP contribution is -2.20. The Morgan fingerprint density at radius 3 is 1.49 bits per heavy atom. The molecular formula is C34H39O5PS. The highest BCUT2D eigenvalue weighted by Crippen LogP contribution is 2.32. The molecule has 4 aromatic carbocycles. The first-order valence-corrected chi connectivity index (χ1v) is 15.8. The molecule has 0 saturated heterocycles. The predicted octanol–water partition coefficient (Wildman–Crippen LogP) is 7.39. The average molecular weight is 591 g/mol. The van der Waals surface area contributed by atoms with Crippen LogP contribution in [0.15, 0.2) is 115 Å². The van der Waals surface area contributed by atoms with E-state index in [0.717, 1.165) is 5.75 Å². The van der Waals surface area contributed by atoms with Gasteiger partial charge in [0.05, 0.1) is 7.11 Å². The number of methoxy groups -OCH3 is 1. The fraction of sp³-hybridized carbons (Fsp3) is 0.176. The Morgan fingerprint density at radius 1 is 0.756 bits per heavy atom. The molecule has 4 aromatic rings. The Labute approximate surface area is 246 Å². The molecule has 0 spiro atoms. The molecular weight excluding hydrogens is 551 g/mol. The number of hydrogen-bond acceptors (Lipinski definition) is 3. The Balaban J connectivity index is 0.000000248. The van der Waals surface area contributed by atoms with Crippen LogP contribution < -0.4 is 20.7 Å². The lowest BCUT2D eigenvalue weighted by Gasteiger charge is -2.18. The number of hydrogen-bond donors (Lipinski definition) is 2. The minimum absolute atomic E-state index is 0.446. The van der Waals surface area contributed by atoms with Gasteiger partial charge in [0, 0.05) is 0 Å². The molecule has 5 nitrogen and oxygen atoms in total. The Morgan fingerprint density at radius 2 is 1.15 bits per heavy atom. The van der Waals surface area contributed by atoms with Crippen molar-refractivity contribution >= 4 is 40.3 Å². The van der Waals surface area contributed by atoms with Gasteiger partial charge in [0.15, 0.2) is 0 Å². The van der Waals surface area contributed by atoms with Gasteiger partial charge >= 0.3 is 10.4 Å². The molecule has 0 atom stereocenters. The van der Waals surface area contributed by atoms with Gasteiger partial charge in [-0.2, -0.15) is 8.42 Å². The van der Waals surface area contributed by atoms with Gasteiger partial charge in [0.1, 0.15) is 5.75 Å². The summed E-state index contributed by atoms with van der Waals surface area (Å²) in [5.74, 6) is 0.972. The monoisotopic (exact) mass is 590 g/mol. The summed E-state index contributed by atoms with van der Waals surface area (Å²) in [7, 11) is -3.39. The van der Waals surface area contributed by atoms with Gasteiger partial charge in [-0.05, 0) is 86.8 Å². The topological polar surface area (TPSA) is 83.8 Å². The lowest BCUT2D eigenvalue weighted by molar-refractivity contribution is 0.381. The Kier molecular flexibility index (Phi) is 13.7. The van der Waals surface area contributed by atoms with Crippen LogP contribution in [0.4, 0.5) is 0 Å². The van der Waals surface area contributed by atoms with Gasteiger partial charge in [-0.25, -0.2) is 0 Å². The number of ether oxygens (including phenoxy) is 1. The zero-order chi connectivity index (χ0) is 30.4. The number of allylic oxidation sites excluding steroid dienone is 3.